The van der Waals surface area contributed by atoms with Gasteiger partial charge in [-0.15, -0.1) is 0 Å². The van der Waals surface area contributed by atoms with Crippen molar-refractivity contribution in [3.63, 3.8) is 0 Å². The van der Waals surface area contributed by atoms with E-state index >= 15 is 0 Å². The van der Waals surface area contributed by atoms with Crippen LogP contribution in [-0.2, 0) is 4.79 Å². The predicted molar refractivity (Wildman–Crippen MR) is 59.7 cm³/mol. The number of carbonyl (C=O) groups is 1. The second kappa shape index (κ2) is 4.49. The van der Waals surface area contributed by atoms with Crippen molar-refractivity contribution in [2.24, 2.45) is 5.41 Å². The highest BCUT2D eigenvalue weighted by molar-refractivity contribution is 5.76. The molecule has 4 heteroatoms. The number of rotatable bonds is 2. The molecule has 2 N–H and O–H groups in total. The van der Waals surface area contributed by atoms with Gasteiger partial charge in [-0.05, 0) is 18.4 Å². The van der Waals surface area contributed by atoms with Gasteiger partial charge in [0.15, 0.2) is 0 Å². The van der Waals surface area contributed by atoms with Gasteiger partial charge in [0.1, 0.15) is 0 Å². The fourth-order valence-corrected chi connectivity index (χ4v) is 2.51. The van der Waals surface area contributed by atoms with Crippen LogP contribution < -0.4 is 10.6 Å². The molecule has 4 nitrogen and oxygen atoms in total. The van der Waals surface area contributed by atoms with Crippen LogP contribution in [0.15, 0.2) is 0 Å². The summed E-state index contributed by atoms with van der Waals surface area (Å²) in [6.45, 7) is 8.44. The maximum Gasteiger partial charge on any atom is 0.221 e. The minimum atomic E-state index is 0.201. The first kappa shape index (κ1) is 10.9. The summed E-state index contributed by atoms with van der Waals surface area (Å²) in [7, 11) is 0. The van der Waals surface area contributed by atoms with Crippen molar-refractivity contribution >= 4 is 5.91 Å². The Morgan fingerprint density at radius 2 is 2.27 bits per heavy atom. The molecule has 0 aromatic carbocycles. The van der Waals surface area contributed by atoms with Gasteiger partial charge in [0.25, 0.3) is 0 Å². The van der Waals surface area contributed by atoms with E-state index in [0.717, 1.165) is 39.3 Å². The topological polar surface area (TPSA) is 44.4 Å². The Balaban J connectivity index is 1.85. The number of carbonyl (C=O) groups excluding carboxylic acids is 1. The monoisotopic (exact) mass is 211 g/mol. The summed E-state index contributed by atoms with van der Waals surface area (Å²) in [4.78, 5) is 13.6. The van der Waals surface area contributed by atoms with Crippen LogP contribution >= 0.6 is 0 Å². The van der Waals surface area contributed by atoms with Gasteiger partial charge < -0.3 is 15.5 Å². The lowest BCUT2D eigenvalue weighted by atomic mass is 9.89. The van der Waals surface area contributed by atoms with E-state index < -0.39 is 0 Å². The first-order valence-electron chi connectivity index (χ1n) is 5.88. The molecule has 2 heterocycles. The Bertz CT molecular complexity index is 236. The molecule has 0 saturated carbocycles. The summed E-state index contributed by atoms with van der Waals surface area (Å²) in [5.74, 6) is 0.201. The van der Waals surface area contributed by atoms with E-state index in [0.29, 0.717) is 11.8 Å². The van der Waals surface area contributed by atoms with Crippen molar-refractivity contribution in [3.8, 4) is 0 Å². The molecule has 0 spiro atoms. The van der Waals surface area contributed by atoms with E-state index in [2.05, 4.69) is 22.5 Å². The normalized spacial score (nSPS) is 33.8. The third-order valence-corrected chi connectivity index (χ3v) is 3.47. The first-order valence-corrected chi connectivity index (χ1v) is 5.88. The standard InChI is InChI=1S/C11H21N3O/c1-11(3-4-12-8-11)9-14-6-2-10(15)13-5-7-14/h12H,2-9H2,1H3,(H,13,15). The van der Waals surface area contributed by atoms with Crippen molar-refractivity contribution < 1.29 is 4.79 Å². The SMILES string of the molecule is CC1(CN2CCNC(=O)CC2)CCNC1. The zero-order valence-corrected chi connectivity index (χ0v) is 9.51. The van der Waals surface area contributed by atoms with Crippen molar-refractivity contribution in [1.29, 1.82) is 0 Å². The van der Waals surface area contributed by atoms with Crippen molar-refractivity contribution in [2.75, 3.05) is 39.3 Å². The van der Waals surface area contributed by atoms with Crippen molar-refractivity contribution in [1.82, 2.24) is 15.5 Å². The van der Waals surface area contributed by atoms with Crippen LogP contribution in [0, 0.1) is 5.41 Å². The van der Waals surface area contributed by atoms with Crippen LogP contribution in [0.2, 0.25) is 0 Å². The van der Waals surface area contributed by atoms with E-state index in [-0.39, 0.29) is 5.91 Å². The van der Waals surface area contributed by atoms with Crippen molar-refractivity contribution in [2.45, 2.75) is 19.8 Å². The summed E-state index contributed by atoms with van der Waals surface area (Å²) < 4.78 is 0. The fraction of sp³-hybridized carbons (Fsp3) is 0.909. The zero-order chi connectivity index (χ0) is 10.7. The van der Waals surface area contributed by atoms with Gasteiger partial charge in [0.2, 0.25) is 5.91 Å². The average Bonchev–Trinajstić information content (AvgIpc) is 2.51. The lowest BCUT2D eigenvalue weighted by Gasteiger charge is -2.30. The molecule has 0 aromatic heterocycles. The molecule has 2 fully saturated rings. The summed E-state index contributed by atoms with van der Waals surface area (Å²) in [6.07, 6.45) is 1.91. The van der Waals surface area contributed by atoms with Crippen molar-refractivity contribution in [3.05, 3.63) is 0 Å². The van der Waals surface area contributed by atoms with E-state index in [1.807, 2.05) is 0 Å². The van der Waals surface area contributed by atoms with Crippen LogP contribution in [0.5, 0.6) is 0 Å². The lowest BCUT2D eigenvalue weighted by molar-refractivity contribution is -0.120. The van der Waals surface area contributed by atoms with E-state index in [9.17, 15) is 4.79 Å². The highest BCUT2D eigenvalue weighted by atomic mass is 16.1. The van der Waals surface area contributed by atoms with Gasteiger partial charge in [-0.2, -0.15) is 0 Å². The zero-order valence-electron chi connectivity index (χ0n) is 9.51. The van der Waals surface area contributed by atoms with Crippen LogP contribution in [0.3, 0.4) is 0 Å². The smallest absolute Gasteiger partial charge is 0.221 e. The lowest BCUT2D eigenvalue weighted by Crippen LogP contribution is -2.39. The summed E-state index contributed by atoms with van der Waals surface area (Å²) in [6, 6.07) is 0. The Hall–Kier alpha value is -0.610. The highest BCUT2D eigenvalue weighted by Crippen LogP contribution is 2.25. The molecule has 86 valence electrons. The Morgan fingerprint density at radius 3 is 3.00 bits per heavy atom. The van der Waals surface area contributed by atoms with Crippen LogP contribution in [0.4, 0.5) is 0 Å². The van der Waals surface area contributed by atoms with Gasteiger partial charge in [-0.25, -0.2) is 0 Å². The number of hydrogen-bond donors (Lipinski definition) is 2. The Morgan fingerprint density at radius 1 is 1.40 bits per heavy atom. The Kier molecular flexibility index (Phi) is 3.26. The molecule has 0 aliphatic carbocycles. The third kappa shape index (κ3) is 2.92. The maximum absolute atomic E-state index is 11.2. The van der Waals surface area contributed by atoms with Crippen LogP contribution in [0.1, 0.15) is 19.8 Å². The highest BCUT2D eigenvalue weighted by Gasteiger charge is 2.31. The van der Waals surface area contributed by atoms with Crippen LogP contribution in [-0.4, -0.2) is 50.1 Å². The predicted octanol–water partition coefficient (Wildman–Crippen LogP) is -0.192. The molecule has 1 atom stereocenters. The average molecular weight is 211 g/mol. The maximum atomic E-state index is 11.2. The van der Waals surface area contributed by atoms with Gasteiger partial charge in [-0.3, -0.25) is 4.79 Å². The fourth-order valence-electron chi connectivity index (χ4n) is 2.51. The van der Waals surface area contributed by atoms with Crippen LogP contribution in [0.25, 0.3) is 0 Å². The van der Waals surface area contributed by atoms with Gasteiger partial charge in [0.05, 0.1) is 0 Å². The second-order valence-electron chi connectivity index (χ2n) is 5.11. The Labute approximate surface area is 91.4 Å². The molecule has 2 saturated heterocycles. The van der Waals surface area contributed by atoms with Gasteiger partial charge in [-0.1, -0.05) is 6.92 Å². The van der Waals surface area contributed by atoms with Gasteiger partial charge >= 0.3 is 0 Å². The molecule has 2 aliphatic rings. The van der Waals surface area contributed by atoms with Gasteiger partial charge in [0, 0.05) is 39.1 Å². The first-order chi connectivity index (χ1) is 7.18. The molecule has 2 aliphatic heterocycles. The molecule has 0 bridgehead atoms. The van der Waals surface area contributed by atoms with E-state index in [4.69, 9.17) is 0 Å². The summed E-state index contributed by atoms with van der Waals surface area (Å²) in [5, 5.41) is 6.33. The number of nitrogens with zero attached hydrogens (tertiary/aromatic N) is 1. The molecular formula is C11H21N3O. The summed E-state index contributed by atoms with van der Waals surface area (Å²) >= 11 is 0. The molecular weight excluding hydrogens is 190 g/mol. The molecule has 0 radical (unpaired) electrons. The quantitative estimate of drug-likeness (QED) is 0.665. The van der Waals surface area contributed by atoms with E-state index in [1.54, 1.807) is 0 Å². The number of hydrogen-bond acceptors (Lipinski definition) is 3. The second-order valence-corrected chi connectivity index (χ2v) is 5.11. The number of amides is 1. The molecule has 1 unspecified atom stereocenters. The minimum absolute atomic E-state index is 0.201. The van der Waals surface area contributed by atoms with E-state index in [1.165, 1.54) is 6.42 Å². The molecule has 1 amide bonds. The molecule has 2 rings (SSSR count). The number of nitrogens with one attached hydrogen (secondary N) is 2. The third-order valence-electron chi connectivity index (χ3n) is 3.47. The largest absolute Gasteiger partial charge is 0.355 e. The molecule has 15 heavy (non-hydrogen) atoms. The minimum Gasteiger partial charge on any atom is -0.355 e. The molecule has 0 aromatic rings. The summed E-state index contributed by atoms with van der Waals surface area (Å²) in [5.41, 5.74) is 0.410.